The first-order valence-electron chi connectivity index (χ1n) is 6.02. The molecule has 108 valence electrons. The van der Waals surface area contributed by atoms with E-state index in [0.717, 1.165) is 6.07 Å². The van der Waals surface area contributed by atoms with Crippen LogP contribution in [0, 0.1) is 10.1 Å². The Balaban J connectivity index is 1.92. The molecule has 0 radical (unpaired) electrons. The van der Waals surface area contributed by atoms with E-state index in [-0.39, 0.29) is 29.3 Å². The van der Waals surface area contributed by atoms with E-state index in [1.54, 1.807) is 0 Å². The maximum Gasteiger partial charge on any atom is 0.273 e. The zero-order valence-electron chi connectivity index (χ0n) is 10.9. The molecule has 0 unspecified atom stereocenters. The molecule has 1 saturated heterocycles. The van der Waals surface area contributed by atoms with Gasteiger partial charge >= 0.3 is 0 Å². The number of hydrogen-bond acceptors (Lipinski definition) is 6. The number of nitrogens with one attached hydrogen (secondary N) is 2. The van der Waals surface area contributed by atoms with Gasteiger partial charge in [-0.3, -0.25) is 14.9 Å². The number of ether oxygens (including phenoxy) is 1. The summed E-state index contributed by atoms with van der Waals surface area (Å²) in [7, 11) is 0. The van der Waals surface area contributed by atoms with Crippen LogP contribution in [0.3, 0.4) is 0 Å². The van der Waals surface area contributed by atoms with Crippen LogP contribution in [-0.4, -0.2) is 41.2 Å². The quantitative estimate of drug-likeness (QED) is 0.414. The molecule has 1 amide bonds. The van der Waals surface area contributed by atoms with Gasteiger partial charge in [0.15, 0.2) is 0 Å². The molecule has 1 aromatic carbocycles. The summed E-state index contributed by atoms with van der Waals surface area (Å²) in [4.78, 5) is 21.6. The van der Waals surface area contributed by atoms with Gasteiger partial charge in [-0.1, -0.05) is 0 Å². The van der Waals surface area contributed by atoms with Crippen LogP contribution in [0.2, 0.25) is 0 Å². The molecule has 1 fully saturated rings. The zero-order valence-corrected chi connectivity index (χ0v) is 10.9. The minimum Gasteiger partial charge on any atom is -0.506 e. The zero-order chi connectivity index (χ0) is 14.8. The van der Waals surface area contributed by atoms with E-state index < -0.39 is 10.8 Å². The predicted molar refractivity (Wildman–Crippen MR) is 70.6 cm³/mol. The number of nitrogens with zero attached hydrogens (tertiary/aromatic N) is 1. The Morgan fingerprint density at radius 2 is 2.30 bits per heavy atom. The van der Waals surface area contributed by atoms with Crippen LogP contribution < -0.4 is 10.6 Å². The minimum atomic E-state index is -0.626. The molecular weight excluding hydrogens is 266 g/mol. The summed E-state index contributed by atoms with van der Waals surface area (Å²) < 4.78 is 5.44. The van der Waals surface area contributed by atoms with Gasteiger partial charge in [0.2, 0.25) is 0 Å². The van der Waals surface area contributed by atoms with Crippen molar-refractivity contribution in [2.24, 2.45) is 0 Å². The van der Waals surface area contributed by atoms with Crippen LogP contribution >= 0.6 is 0 Å². The Labute approximate surface area is 114 Å². The van der Waals surface area contributed by atoms with Crippen molar-refractivity contribution in [3.05, 3.63) is 28.3 Å². The fraction of sp³-hybridized carbons (Fsp3) is 0.417. The first-order chi connectivity index (χ1) is 9.39. The second kappa shape index (κ2) is 5.43. The number of hydrogen-bond donors (Lipinski definition) is 3. The summed E-state index contributed by atoms with van der Waals surface area (Å²) in [6, 6.07) is 3.46. The molecule has 8 heteroatoms. The fourth-order valence-corrected chi connectivity index (χ4v) is 1.74. The number of aromatic hydroxyl groups is 1. The summed E-state index contributed by atoms with van der Waals surface area (Å²) in [6.07, 6.45) is 0. The number of phenols is 1. The molecule has 1 aliphatic heterocycles. The molecule has 0 atom stereocenters. The third-order valence-corrected chi connectivity index (χ3v) is 3.02. The molecule has 1 aliphatic rings. The van der Waals surface area contributed by atoms with Gasteiger partial charge in [0, 0.05) is 19.2 Å². The number of nitro benzene ring substituents is 1. The van der Waals surface area contributed by atoms with Crippen molar-refractivity contribution in [3.8, 4) is 5.75 Å². The third-order valence-electron chi connectivity index (χ3n) is 3.02. The average molecular weight is 281 g/mol. The Morgan fingerprint density at radius 1 is 1.60 bits per heavy atom. The van der Waals surface area contributed by atoms with E-state index in [9.17, 15) is 20.0 Å². The minimum absolute atomic E-state index is 0.112. The van der Waals surface area contributed by atoms with E-state index in [2.05, 4.69) is 10.6 Å². The Bertz CT molecular complexity index is 542. The van der Waals surface area contributed by atoms with Crippen molar-refractivity contribution in [1.82, 2.24) is 5.32 Å². The topological polar surface area (TPSA) is 114 Å². The molecular formula is C12H15N3O5. The standard InChI is InChI=1S/C12H15N3O5/c1-12(6-13-7-12)20-5-11(17)14-9-3-2-8(15(18)19)4-10(9)16/h2-4,13,16H,5-7H2,1H3,(H,14,17). The molecule has 0 aromatic heterocycles. The molecule has 20 heavy (non-hydrogen) atoms. The number of carbonyl (C=O) groups excluding carboxylic acids is 1. The summed E-state index contributed by atoms with van der Waals surface area (Å²) in [6.45, 7) is 3.11. The summed E-state index contributed by atoms with van der Waals surface area (Å²) in [5, 5.41) is 25.6. The number of rotatable bonds is 5. The Morgan fingerprint density at radius 3 is 2.80 bits per heavy atom. The van der Waals surface area contributed by atoms with Gasteiger partial charge in [-0.05, 0) is 13.0 Å². The maximum absolute atomic E-state index is 11.7. The summed E-state index contributed by atoms with van der Waals surface area (Å²) in [5.74, 6) is -0.786. The molecule has 1 heterocycles. The van der Waals surface area contributed by atoms with Gasteiger partial charge in [0.1, 0.15) is 12.4 Å². The Hall–Kier alpha value is -2.19. The van der Waals surface area contributed by atoms with E-state index in [1.165, 1.54) is 12.1 Å². The molecule has 2 rings (SSSR count). The van der Waals surface area contributed by atoms with Crippen LogP contribution in [0.5, 0.6) is 5.75 Å². The second-order valence-electron chi connectivity index (χ2n) is 4.85. The lowest BCUT2D eigenvalue weighted by atomic mass is 10.0. The SMILES string of the molecule is CC1(OCC(=O)Nc2ccc([N+](=O)[O-])cc2O)CNC1. The fourth-order valence-electron chi connectivity index (χ4n) is 1.74. The van der Waals surface area contributed by atoms with Crippen LogP contribution in [0.1, 0.15) is 6.92 Å². The highest BCUT2D eigenvalue weighted by molar-refractivity contribution is 5.93. The van der Waals surface area contributed by atoms with Crippen molar-refractivity contribution < 1.29 is 19.6 Å². The molecule has 0 aliphatic carbocycles. The predicted octanol–water partition coefficient (Wildman–Crippen LogP) is 0.617. The van der Waals surface area contributed by atoms with Crippen molar-refractivity contribution in [2.45, 2.75) is 12.5 Å². The number of carbonyl (C=O) groups is 1. The normalized spacial score (nSPS) is 16.2. The molecule has 8 nitrogen and oxygen atoms in total. The summed E-state index contributed by atoms with van der Waals surface area (Å²) >= 11 is 0. The number of benzene rings is 1. The maximum atomic E-state index is 11.7. The molecule has 0 spiro atoms. The number of non-ortho nitro benzene ring substituents is 1. The number of anilines is 1. The molecule has 1 aromatic rings. The highest BCUT2D eigenvalue weighted by Crippen LogP contribution is 2.27. The smallest absolute Gasteiger partial charge is 0.273 e. The van der Waals surface area contributed by atoms with E-state index in [1.807, 2.05) is 6.92 Å². The van der Waals surface area contributed by atoms with Crippen molar-refractivity contribution in [1.29, 1.82) is 0 Å². The van der Waals surface area contributed by atoms with Crippen LogP contribution in [0.25, 0.3) is 0 Å². The molecule has 0 saturated carbocycles. The van der Waals surface area contributed by atoms with Gasteiger partial charge in [0.05, 0.1) is 22.3 Å². The van der Waals surface area contributed by atoms with Crippen LogP contribution in [0.4, 0.5) is 11.4 Å². The van der Waals surface area contributed by atoms with E-state index in [0.29, 0.717) is 13.1 Å². The van der Waals surface area contributed by atoms with Crippen molar-refractivity contribution in [2.75, 3.05) is 25.0 Å². The highest BCUT2D eigenvalue weighted by atomic mass is 16.6. The van der Waals surface area contributed by atoms with Gasteiger partial charge in [-0.25, -0.2) is 0 Å². The van der Waals surface area contributed by atoms with Gasteiger partial charge in [0.25, 0.3) is 11.6 Å². The second-order valence-corrected chi connectivity index (χ2v) is 4.85. The average Bonchev–Trinajstić information content (AvgIpc) is 2.36. The van der Waals surface area contributed by atoms with Gasteiger partial charge in [-0.2, -0.15) is 0 Å². The number of nitro groups is 1. The molecule has 3 N–H and O–H groups in total. The lowest BCUT2D eigenvalue weighted by Crippen LogP contribution is -2.59. The number of amides is 1. The van der Waals surface area contributed by atoms with E-state index in [4.69, 9.17) is 4.74 Å². The monoisotopic (exact) mass is 281 g/mol. The van der Waals surface area contributed by atoms with Gasteiger partial charge < -0.3 is 20.5 Å². The van der Waals surface area contributed by atoms with Crippen molar-refractivity contribution in [3.63, 3.8) is 0 Å². The summed E-state index contributed by atoms with van der Waals surface area (Å²) in [5.41, 5.74) is -0.472. The van der Waals surface area contributed by atoms with E-state index >= 15 is 0 Å². The first-order valence-corrected chi connectivity index (χ1v) is 6.02. The largest absolute Gasteiger partial charge is 0.506 e. The first kappa shape index (κ1) is 14.2. The highest BCUT2D eigenvalue weighted by Gasteiger charge is 2.33. The third kappa shape index (κ3) is 3.22. The number of phenolic OH excluding ortho intramolecular Hbond substituents is 1. The lowest BCUT2D eigenvalue weighted by molar-refractivity contribution is -0.384. The van der Waals surface area contributed by atoms with Crippen molar-refractivity contribution >= 4 is 17.3 Å². The van der Waals surface area contributed by atoms with Crippen LogP contribution in [-0.2, 0) is 9.53 Å². The lowest BCUT2D eigenvalue weighted by Gasteiger charge is -2.38. The Kier molecular flexibility index (Phi) is 3.86. The van der Waals surface area contributed by atoms with Crippen LogP contribution in [0.15, 0.2) is 18.2 Å². The van der Waals surface area contributed by atoms with Gasteiger partial charge in [-0.15, -0.1) is 0 Å². The molecule has 0 bridgehead atoms.